The molecule has 2 unspecified atom stereocenters. The minimum absolute atomic E-state index is 0.0851. The average molecular weight is 287 g/mol. The van der Waals surface area contributed by atoms with Crippen molar-refractivity contribution in [3.05, 3.63) is 54.6 Å². The second-order valence-electron chi connectivity index (χ2n) is 5.30. The summed E-state index contributed by atoms with van der Waals surface area (Å²) >= 11 is 0. The first-order valence-electron chi connectivity index (χ1n) is 7.10. The number of hydrogen-bond donors (Lipinski definition) is 2. The van der Waals surface area contributed by atoms with E-state index in [9.17, 15) is 9.90 Å². The Kier molecular flexibility index (Phi) is 5.51. The number of imidazole rings is 1. The lowest BCUT2D eigenvalue weighted by molar-refractivity contribution is -0.123. The molecule has 2 N–H and O–H groups in total. The predicted octanol–water partition coefficient (Wildman–Crippen LogP) is 1.76. The second-order valence-corrected chi connectivity index (χ2v) is 5.30. The minimum atomic E-state index is -0.754. The monoisotopic (exact) mass is 287 g/mol. The summed E-state index contributed by atoms with van der Waals surface area (Å²) in [7, 11) is 0. The van der Waals surface area contributed by atoms with Crippen LogP contribution in [0.25, 0.3) is 0 Å². The molecule has 1 amide bonds. The van der Waals surface area contributed by atoms with Crippen LogP contribution in [0.1, 0.15) is 25.0 Å². The Labute approximate surface area is 124 Å². The zero-order chi connectivity index (χ0) is 15.1. The standard InChI is InChI=1S/C16H21N3O2/c1-13(11-19-8-7-17-12-19)10-18-16(21)9-15(20)14-5-3-2-4-6-14/h2-8,12-13,15,20H,9-11H2,1H3,(H,18,21). The van der Waals surface area contributed by atoms with E-state index in [1.807, 2.05) is 41.1 Å². The van der Waals surface area contributed by atoms with E-state index in [1.165, 1.54) is 0 Å². The molecule has 0 aliphatic carbocycles. The molecule has 0 bridgehead atoms. The fraction of sp³-hybridized carbons (Fsp3) is 0.375. The van der Waals surface area contributed by atoms with Gasteiger partial charge in [-0.15, -0.1) is 0 Å². The Morgan fingerprint density at radius 2 is 2.14 bits per heavy atom. The Hall–Kier alpha value is -2.14. The van der Waals surface area contributed by atoms with Crippen molar-refractivity contribution < 1.29 is 9.90 Å². The first-order chi connectivity index (χ1) is 10.1. The molecule has 2 aromatic rings. The van der Waals surface area contributed by atoms with Crippen molar-refractivity contribution in [2.75, 3.05) is 6.54 Å². The van der Waals surface area contributed by atoms with Gasteiger partial charge in [-0.1, -0.05) is 37.3 Å². The normalized spacial score (nSPS) is 13.6. The maximum atomic E-state index is 11.8. The van der Waals surface area contributed by atoms with Crippen LogP contribution in [-0.4, -0.2) is 27.1 Å². The summed E-state index contributed by atoms with van der Waals surface area (Å²) in [6, 6.07) is 9.22. The van der Waals surface area contributed by atoms with Crippen LogP contribution in [0.3, 0.4) is 0 Å². The molecule has 1 heterocycles. The summed E-state index contributed by atoms with van der Waals surface area (Å²) in [6.45, 7) is 3.45. The van der Waals surface area contributed by atoms with Crippen molar-refractivity contribution in [2.45, 2.75) is 26.0 Å². The molecule has 0 aliphatic rings. The Morgan fingerprint density at radius 1 is 1.38 bits per heavy atom. The van der Waals surface area contributed by atoms with Gasteiger partial charge in [-0.05, 0) is 11.5 Å². The van der Waals surface area contributed by atoms with Gasteiger partial charge < -0.3 is 15.0 Å². The molecular weight excluding hydrogens is 266 g/mol. The fourth-order valence-electron chi connectivity index (χ4n) is 2.15. The van der Waals surface area contributed by atoms with Gasteiger partial charge in [0.2, 0.25) is 5.91 Å². The van der Waals surface area contributed by atoms with Crippen LogP contribution < -0.4 is 5.32 Å². The summed E-state index contributed by atoms with van der Waals surface area (Å²) in [5.74, 6) is 0.167. The topological polar surface area (TPSA) is 67.2 Å². The molecule has 0 aliphatic heterocycles. The zero-order valence-electron chi connectivity index (χ0n) is 12.1. The maximum absolute atomic E-state index is 11.8. The van der Waals surface area contributed by atoms with E-state index in [0.717, 1.165) is 12.1 Å². The SMILES string of the molecule is CC(CNC(=O)CC(O)c1ccccc1)Cn1ccnc1. The molecule has 112 valence electrons. The first kappa shape index (κ1) is 15.3. The lowest BCUT2D eigenvalue weighted by Crippen LogP contribution is -2.30. The number of amides is 1. The van der Waals surface area contributed by atoms with Gasteiger partial charge in [0.1, 0.15) is 0 Å². The largest absolute Gasteiger partial charge is 0.388 e. The van der Waals surface area contributed by atoms with E-state index >= 15 is 0 Å². The van der Waals surface area contributed by atoms with Gasteiger partial charge in [0.15, 0.2) is 0 Å². The van der Waals surface area contributed by atoms with Crippen molar-refractivity contribution >= 4 is 5.91 Å². The first-order valence-corrected chi connectivity index (χ1v) is 7.10. The van der Waals surface area contributed by atoms with Crippen LogP contribution in [0.4, 0.5) is 0 Å². The van der Waals surface area contributed by atoms with Crippen LogP contribution in [0.5, 0.6) is 0 Å². The summed E-state index contributed by atoms with van der Waals surface area (Å²) in [4.78, 5) is 15.8. The Bertz CT molecular complexity index is 540. The molecule has 0 fully saturated rings. The van der Waals surface area contributed by atoms with Crippen LogP contribution in [0.2, 0.25) is 0 Å². The molecular formula is C16H21N3O2. The molecule has 0 saturated carbocycles. The van der Waals surface area contributed by atoms with Gasteiger partial charge in [-0.3, -0.25) is 4.79 Å². The molecule has 5 heteroatoms. The highest BCUT2D eigenvalue weighted by Crippen LogP contribution is 2.15. The zero-order valence-corrected chi connectivity index (χ0v) is 12.1. The van der Waals surface area contributed by atoms with E-state index in [1.54, 1.807) is 12.5 Å². The summed E-state index contributed by atoms with van der Waals surface area (Å²) in [6.07, 6.45) is 4.73. The number of nitrogens with one attached hydrogen (secondary N) is 1. The quantitative estimate of drug-likeness (QED) is 0.815. The number of benzene rings is 1. The third-order valence-electron chi connectivity index (χ3n) is 3.29. The number of aliphatic hydroxyl groups is 1. The van der Waals surface area contributed by atoms with E-state index in [0.29, 0.717) is 12.5 Å². The van der Waals surface area contributed by atoms with Crippen molar-refractivity contribution in [1.29, 1.82) is 0 Å². The lowest BCUT2D eigenvalue weighted by Gasteiger charge is -2.15. The Balaban J connectivity index is 1.72. The molecule has 2 atom stereocenters. The molecule has 5 nitrogen and oxygen atoms in total. The van der Waals surface area contributed by atoms with Gasteiger partial charge in [0.05, 0.1) is 18.9 Å². The second kappa shape index (κ2) is 7.59. The number of carbonyl (C=O) groups excluding carboxylic acids is 1. The molecule has 0 saturated heterocycles. The van der Waals surface area contributed by atoms with Gasteiger partial charge in [0, 0.05) is 25.5 Å². The minimum Gasteiger partial charge on any atom is -0.388 e. The number of carbonyl (C=O) groups is 1. The number of nitrogens with zero attached hydrogens (tertiary/aromatic N) is 2. The smallest absolute Gasteiger partial charge is 0.222 e. The van der Waals surface area contributed by atoms with Gasteiger partial charge in [-0.2, -0.15) is 0 Å². The highest BCUT2D eigenvalue weighted by Gasteiger charge is 2.13. The van der Waals surface area contributed by atoms with Crippen molar-refractivity contribution in [1.82, 2.24) is 14.9 Å². The number of aromatic nitrogens is 2. The van der Waals surface area contributed by atoms with E-state index in [4.69, 9.17) is 0 Å². The Morgan fingerprint density at radius 3 is 2.81 bits per heavy atom. The van der Waals surface area contributed by atoms with Crippen molar-refractivity contribution in [2.24, 2.45) is 5.92 Å². The van der Waals surface area contributed by atoms with Gasteiger partial charge in [0.25, 0.3) is 0 Å². The molecule has 2 rings (SSSR count). The third-order valence-corrected chi connectivity index (χ3v) is 3.29. The number of aliphatic hydroxyl groups excluding tert-OH is 1. The maximum Gasteiger partial charge on any atom is 0.222 e. The van der Waals surface area contributed by atoms with Crippen LogP contribution in [0.15, 0.2) is 49.1 Å². The summed E-state index contributed by atoms with van der Waals surface area (Å²) in [5, 5.41) is 12.9. The molecule has 21 heavy (non-hydrogen) atoms. The fourth-order valence-corrected chi connectivity index (χ4v) is 2.15. The van der Waals surface area contributed by atoms with Gasteiger partial charge >= 0.3 is 0 Å². The molecule has 1 aromatic heterocycles. The van der Waals surface area contributed by atoms with Gasteiger partial charge in [-0.25, -0.2) is 4.98 Å². The lowest BCUT2D eigenvalue weighted by atomic mass is 10.1. The van der Waals surface area contributed by atoms with E-state index in [-0.39, 0.29) is 12.3 Å². The van der Waals surface area contributed by atoms with Crippen LogP contribution >= 0.6 is 0 Å². The number of hydrogen-bond acceptors (Lipinski definition) is 3. The summed E-state index contributed by atoms with van der Waals surface area (Å²) in [5.41, 5.74) is 0.763. The molecule has 0 spiro atoms. The van der Waals surface area contributed by atoms with Crippen molar-refractivity contribution in [3.63, 3.8) is 0 Å². The molecule has 1 aromatic carbocycles. The average Bonchev–Trinajstić information content (AvgIpc) is 2.99. The van der Waals surface area contributed by atoms with Crippen LogP contribution in [0, 0.1) is 5.92 Å². The highest BCUT2D eigenvalue weighted by atomic mass is 16.3. The van der Waals surface area contributed by atoms with E-state index in [2.05, 4.69) is 17.2 Å². The van der Waals surface area contributed by atoms with E-state index < -0.39 is 6.10 Å². The van der Waals surface area contributed by atoms with Crippen LogP contribution in [-0.2, 0) is 11.3 Å². The number of rotatable bonds is 7. The van der Waals surface area contributed by atoms with Crippen molar-refractivity contribution in [3.8, 4) is 0 Å². The molecule has 0 radical (unpaired) electrons. The summed E-state index contributed by atoms with van der Waals surface area (Å²) < 4.78 is 1.98. The highest BCUT2D eigenvalue weighted by molar-refractivity contribution is 5.76. The third kappa shape index (κ3) is 5.04. The predicted molar refractivity (Wildman–Crippen MR) is 80.4 cm³/mol.